The van der Waals surface area contributed by atoms with Crippen molar-refractivity contribution in [1.29, 1.82) is 0 Å². The lowest BCUT2D eigenvalue weighted by Crippen LogP contribution is -2.38. The third-order valence-electron chi connectivity index (χ3n) is 7.77. The van der Waals surface area contributed by atoms with Gasteiger partial charge in [-0.05, 0) is 47.8 Å². The van der Waals surface area contributed by atoms with Gasteiger partial charge in [-0.2, -0.15) is 0 Å². The van der Waals surface area contributed by atoms with Gasteiger partial charge in [0, 0.05) is 22.6 Å². The van der Waals surface area contributed by atoms with Crippen LogP contribution in [0.5, 0.6) is 0 Å². The molecule has 1 nitrogen and oxygen atoms in total. The predicted molar refractivity (Wildman–Crippen MR) is 95.5 cm³/mol. The fourth-order valence-electron chi connectivity index (χ4n) is 5.35. The van der Waals surface area contributed by atoms with Gasteiger partial charge in [0.2, 0.25) is 5.69 Å². The molecule has 2 unspecified atom stereocenters. The van der Waals surface area contributed by atoms with E-state index < -0.39 is 0 Å². The summed E-state index contributed by atoms with van der Waals surface area (Å²) in [6.45, 7) is 12.1. The van der Waals surface area contributed by atoms with Gasteiger partial charge in [-0.1, -0.05) is 45.9 Å². The lowest BCUT2D eigenvalue weighted by molar-refractivity contribution is -0.661. The van der Waals surface area contributed by atoms with Gasteiger partial charge in [0.15, 0.2) is 6.20 Å². The first kappa shape index (κ1) is 14.9. The lowest BCUT2D eigenvalue weighted by Gasteiger charge is -2.39. The van der Waals surface area contributed by atoms with E-state index in [1.54, 1.807) is 11.1 Å². The molecule has 0 spiro atoms. The first-order chi connectivity index (χ1) is 10.7. The van der Waals surface area contributed by atoms with Crippen LogP contribution in [0.25, 0.3) is 11.3 Å². The Labute approximate surface area is 140 Å². The minimum absolute atomic E-state index is 0.294. The molecule has 23 heavy (non-hydrogen) atoms. The number of pyridine rings is 1. The predicted octanol–water partition coefficient (Wildman–Crippen LogP) is 4.84. The highest BCUT2D eigenvalue weighted by Gasteiger charge is 2.66. The van der Waals surface area contributed by atoms with Crippen LogP contribution >= 0.6 is 0 Å². The van der Waals surface area contributed by atoms with Gasteiger partial charge in [-0.15, -0.1) is 0 Å². The van der Waals surface area contributed by atoms with E-state index in [1.807, 2.05) is 0 Å². The van der Waals surface area contributed by atoms with Gasteiger partial charge in [0.25, 0.3) is 0 Å². The quantitative estimate of drug-likeness (QED) is 0.664. The Morgan fingerprint density at radius 2 is 1.52 bits per heavy atom. The van der Waals surface area contributed by atoms with E-state index >= 15 is 0 Å². The molecule has 1 heterocycles. The summed E-state index contributed by atoms with van der Waals surface area (Å²) in [5.41, 5.74) is 8.13. The molecule has 1 aromatic carbocycles. The molecule has 0 radical (unpaired) electrons. The summed E-state index contributed by atoms with van der Waals surface area (Å²) in [7, 11) is 2.20. The maximum absolute atomic E-state index is 2.49. The van der Waals surface area contributed by atoms with Crippen LogP contribution in [0.2, 0.25) is 0 Å². The third-order valence-corrected chi connectivity index (χ3v) is 7.77. The van der Waals surface area contributed by atoms with E-state index in [2.05, 4.69) is 82.8 Å². The number of aromatic nitrogens is 1. The third kappa shape index (κ3) is 1.56. The van der Waals surface area contributed by atoms with Crippen molar-refractivity contribution in [1.82, 2.24) is 0 Å². The molecule has 2 aromatic rings. The van der Waals surface area contributed by atoms with Crippen LogP contribution in [0.1, 0.15) is 57.2 Å². The van der Waals surface area contributed by atoms with Crippen molar-refractivity contribution in [3.63, 3.8) is 0 Å². The van der Waals surface area contributed by atoms with Crippen molar-refractivity contribution >= 4 is 0 Å². The molecule has 4 rings (SSSR count). The van der Waals surface area contributed by atoms with E-state index in [0.29, 0.717) is 16.2 Å². The van der Waals surface area contributed by atoms with Crippen molar-refractivity contribution in [2.24, 2.45) is 12.5 Å². The SMILES string of the molecule is Cc1ccccc1-c1cc2c(c[n+]1C)C1(C)CCC2(C)C1(C)C. The highest BCUT2D eigenvalue weighted by Crippen LogP contribution is 2.70. The van der Waals surface area contributed by atoms with E-state index in [9.17, 15) is 0 Å². The average Bonchev–Trinajstić information content (AvgIpc) is 2.76. The monoisotopic (exact) mass is 306 g/mol. The highest BCUT2D eigenvalue weighted by atomic mass is 14.9. The Morgan fingerprint density at radius 3 is 2.17 bits per heavy atom. The molecule has 2 bridgehead atoms. The van der Waals surface area contributed by atoms with Gasteiger partial charge in [0.1, 0.15) is 7.05 Å². The van der Waals surface area contributed by atoms with Gasteiger partial charge in [-0.25, -0.2) is 4.57 Å². The number of fused-ring (bicyclic) bond motifs is 5. The van der Waals surface area contributed by atoms with Crippen LogP contribution in [-0.2, 0) is 17.9 Å². The van der Waals surface area contributed by atoms with Crippen molar-refractivity contribution in [2.45, 2.75) is 58.3 Å². The van der Waals surface area contributed by atoms with Crippen molar-refractivity contribution in [3.05, 3.63) is 53.2 Å². The first-order valence-electron chi connectivity index (χ1n) is 8.83. The molecule has 1 aromatic heterocycles. The molecule has 0 saturated heterocycles. The standard InChI is InChI=1S/C22H28N/c1-15-9-7-8-10-16(15)19-13-17-18(14-23(19)6)22(5)12-11-21(17,4)20(22,2)3/h7-10,13-14H,11-12H2,1-6H3/q+1. The topological polar surface area (TPSA) is 3.88 Å². The van der Waals surface area contributed by atoms with E-state index in [-0.39, 0.29) is 0 Å². The zero-order valence-electron chi connectivity index (χ0n) is 15.3. The zero-order valence-corrected chi connectivity index (χ0v) is 15.3. The van der Waals surface area contributed by atoms with E-state index in [0.717, 1.165) is 0 Å². The Balaban J connectivity index is 2.00. The van der Waals surface area contributed by atoms with Gasteiger partial charge >= 0.3 is 0 Å². The van der Waals surface area contributed by atoms with Crippen LogP contribution in [0.15, 0.2) is 36.5 Å². The zero-order chi connectivity index (χ0) is 16.6. The Hall–Kier alpha value is -1.63. The summed E-state index contributed by atoms with van der Waals surface area (Å²) < 4.78 is 2.34. The van der Waals surface area contributed by atoms with E-state index in [4.69, 9.17) is 0 Å². The largest absolute Gasteiger partial charge is 0.212 e. The second kappa shape index (κ2) is 4.26. The molecule has 0 N–H and O–H groups in total. The van der Waals surface area contributed by atoms with Crippen LogP contribution in [0.3, 0.4) is 0 Å². The lowest BCUT2D eigenvalue weighted by atomic mass is 9.64. The van der Waals surface area contributed by atoms with Crippen LogP contribution in [0.4, 0.5) is 0 Å². The Bertz CT molecular complexity index is 817. The second-order valence-electron chi connectivity index (χ2n) is 8.70. The molecule has 0 amide bonds. The molecule has 1 heteroatoms. The number of hydrogen-bond donors (Lipinski definition) is 0. The maximum Gasteiger partial charge on any atom is 0.212 e. The average molecular weight is 306 g/mol. The van der Waals surface area contributed by atoms with Crippen LogP contribution in [0, 0.1) is 12.3 Å². The van der Waals surface area contributed by atoms with E-state index in [1.165, 1.54) is 29.7 Å². The number of benzene rings is 1. The molecule has 2 aliphatic carbocycles. The fourth-order valence-corrected chi connectivity index (χ4v) is 5.35. The highest BCUT2D eigenvalue weighted by molar-refractivity contribution is 5.64. The van der Waals surface area contributed by atoms with Gasteiger partial charge in [0.05, 0.1) is 0 Å². The molecule has 1 fully saturated rings. The Kier molecular flexibility index (Phi) is 2.76. The van der Waals surface area contributed by atoms with Crippen molar-refractivity contribution in [3.8, 4) is 11.3 Å². The number of aryl methyl sites for hydroxylation is 2. The maximum atomic E-state index is 2.49. The number of hydrogen-bond acceptors (Lipinski definition) is 0. The molecular weight excluding hydrogens is 278 g/mol. The number of rotatable bonds is 1. The summed E-state index contributed by atoms with van der Waals surface area (Å²) in [6.07, 6.45) is 5.04. The normalized spacial score (nSPS) is 30.5. The molecule has 0 aliphatic heterocycles. The Morgan fingerprint density at radius 1 is 0.913 bits per heavy atom. The summed E-state index contributed by atoms with van der Waals surface area (Å²) in [4.78, 5) is 0. The van der Waals surface area contributed by atoms with Crippen molar-refractivity contribution in [2.75, 3.05) is 0 Å². The second-order valence-corrected chi connectivity index (χ2v) is 8.70. The van der Waals surface area contributed by atoms with Crippen LogP contribution in [-0.4, -0.2) is 0 Å². The molecular formula is C22H28N+. The molecule has 120 valence electrons. The summed E-state index contributed by atoms with van der Waals surface area (Å²) in [5.74, 6) is 0. The fraction of sp³-hybridized carbons (Fsp3) is 0.500. The molecule has 2 atom stereocenters. The molecule has 2 aliphatic rings. The minimum atomic E-state index is 0.294. The summed E-state index contributed by atoms with van der Waals surface area (Å²) >= 11 is 0. The van der Waals surface area contributed by atoms with Crippen molar-refractivity contribution < 1.29 is 4.57 Å². The summed E-state index contributed by atoms with van der Waals surface area (Å²) in [5, 5.41) is 0. The number of nitrogens with zero attached hydrogens (tertiary/aromatic N) is 1. The summed E-state index contributed by atoms with van der Waals surface area (Å²) in [6, 6.07) is 11.2. The van der Waals surface area contributed by atoms with Gasteiger partial charge in [-0.3, -0.25) is 0 Å². The van der Waals surface area contributed by atoms with Gasteiger partial charge < -0.3 is 0 Å². The smallest absolute Gasteiger partial charge is 0.201 e. The minimum Gasteiger partial charge on any atom is -0.201 e. The first-order valence-corrected chi connectivity index (χ1v) is 8.83. The molecule has 1 saturated carbocycles. The van der Waals surface area contributed by atoms with Crippen LogP contribution < -0.4 is 4.57 Å².